The van der Waals surface area contributed by atoms with Crippen molar-refractivity contribution in [3.8, 4) is 0 Å². The summed E-state index contributed by atoms with van der Waals surface area (Å²) in [5.74, 6) is -0.0927. The van der Waals surface area contributed by atoms with Crippen molar-refractivity contribution in [3.63, 3.8) is 0 Å². The molecule has 4 nitrogen and oxygen atoms in total. The van der Waals surface area contributed by atoms with Crippen LogP contribution < -0.4 is 0 Å². The first-order valence-electron chi connectivity index (χ1n) is 9.56. The number of hydrogen-bond acceptors (Lipinski definition) is 4. The van der Waals surface area contributed by atoms with Crippen molar-refractivity contribution < 1.29 is 19.1 Å². The summed E-state index contributed by atoms with van der Waals surface area (Å²) in [6.45, 7) is 3.98. The maximum Gasteiger partial charge on any atom is 0.309 e. The lowest BCUT2D eigenvalue weighted by Crippen LogP contribution is -2.37. The monoisotopic (exact) mass is 324 g/mol. The number of rotatable bonds is 7. The van der Waals surface area contributed by atoms with E-state index in [4.69, 9.17) is 9.47 Å². The lowest BCUT2D eigenvalue weighted by molar-refractivity contribution is -0.174. The molecule has 2 atom stereocenters. The second kappa shape index (κ2) is 9.29. The van der Waals surface area contributed by atoms with Crippen molar-refractivity contribution in [1.29, 1.82) is 0 Å². The summed E-state index contributed by atoms with van der Waals surface area (Å²) in [6.07, 6.45) is 10.2. The Morgan fingerprint density at radius 1 is 0.739 bits per heavy atom. The molecule has 0 radical (unpaired) electrons. The standard InChI is InChI=1S/C19H32O4/c1-3-16(22-18(20)14-10-6-5-7-11-14)17(4-2)23-19(21)15-12-8-9-13-15/h14-17H,3-13H2,1-2H3. The summed E-state index contributed by atoms with van der Waals surface area (Å²) in [5, 5.41) is 0. The summed E-state index contributed by atoms with van der Waals surface area (Å²) in [5.41, 5.74) is 0. The zero-order valence-electron chi connectivity index (χ0n) is 14.7. The first kappa shape index (κ1) is 18.3. The highest BCUT2D eigenvalue weighted by Gasteiger charge is 2.32. The number of carbonyl (C=O) groups excluding carboxylic acids is 2. The lowest BCUT2D eigenvalue weighted by atomic mass is 9.89. The molecule has 0 aromatic rings. The highest BCUT2D eigenvalue weighted by Crippen LogP contribution is 2.28. The third kappa shape index (κ3) is 5.22. The van der Waals surface area contributed by atoms with Crippen LogP contribution in [0.4, 0.5) is 0 Å². The van der Waals surface area contributed by atoms with Crippen LogP contribution in [0.1, 0.15) is 84.5 Å². The van der Waals surface area contributed by atoms with Gasteiger partial charge in [0.1, 0.15) is 12.2 Å². The van der Waals surface area contributed by atoms with Crippen molar-refractivity contribution in [2.45, 2.75) is 96.7 Å². The molecule has 2 rings (SSSR count). The summed E-state index contributed by atoms with van der Waals surface area (Å²) in [4.78, 5) is 24.6. The van der Waals surface area contributed by atoms with E-state index < -0.39 is 0 Å². The molecule has 2 saturated carbocycles. The topological polar surface area (TPSA) is 52.6 Å². The summed E-state index contributed by atoms with van der Waals surface area (Å²) < 4.78 is 11.4. The van der Waals surface area contributed by atoms with Gasteiger partial charge in [0, 0.05) is 0 Å². The number of esters is 2. The van der Waals surface area contributed by atoms with Gasteiger partial charge < -0.3 is 9.47 Å². The van der Waals surface area contributed by atoms with Crippen LogP contribution in [0.3, 0.4) is 0 Å². The molecule has 2 aliphatic carbocycles. The van der Waals surface area contributed by atoms with Gasteiger partial charge in [0.15, 0.2) is 0 Å². The second-order valence-corrected chi connectivity index (χ2v) is 7.08. The van der Waals surface area contributed by atoms with E-state index in [1.807, 2.05) is 13.8 Å². The Hall–Kier alpha value is -1.06. The third-order valence-corrected chi connectivity index (χ3v) is 5.38. The fourth-order valence-corrected chi connectivity index (χ4v) is 3.83. The van der Waals surface area contributed by atoms with Crippen molar-refractivity contribution in [1.82, 2.24) is 0 Å². The van der Waals surface area contributed by atoms with Gasteiger partial charge in [-0.1, -0.05) is 46.0 Å². The first-order valence-corrected chi connectivity index (χ1v) is 9.56. The Bertz CT molecular complexity index is 381. The molecule has 0 heterocycles. The Kier molecular flexibility index (Phi) is 7.38. The van der Waals surface area contributed by atoms with Crippen LogP contribution in [0.25, 0.3) is 0 Å². The van der Waals surface area contributed by atoms with Crippen molar-refractivity contribution in [2.24, 2.45) is 11.8 Å². The maximum atomic E-state index is 12.4. The average molecular weight is 324 g/mol. The van der Waals surface area contributed by atoms with Crippen molar-refractivity contribution in [2.75, 3.05) is 0 Å². The molecule has 0 spiro atoms. The molecule has 0 aromatic carbocycles. The van der Waals surface area contributed by atoms with Crippen LogP contribution in [-0.4, -0.2) is 24.1 Å². The van der Waals surface area contributed by atoms with Gasteiger partial charge in [-0.2, -0.15) is 0 Å². The Morgan fingerprint density at radius 3 is 1.43 bits per heavy atom. The highest BCUT2D eigenvalue weighted by atomic mass is 16.6. The van der Waals surface area contributed by atoms with Gasteiger partial charge in [-0.25, -0.2) is 0 Å². The molecule has 0 aromatic heterocycles. The molecule has 4 heteroatoms. The van der Waals surface area contributed by atoms with E-state index in [1.165, 1.54) is 6.42 Å². The molecular weight excluding hydrogens is 292 g/mol. The molecule has 0 saturated heterocycles. The molecule has 0 aliphatic heterocycles. The number of ether oxygens (including phenoxy) is 2. The van der Waals surface area contributed by atoms with Crippen molar-refractivity contribution in [3.05, 3.63) is 0 Å². The minimum Gasteiger partial charge on any atom is -0.458 e. The minimum absolute atomic E-state index is 0.0424. The largest absolute Gasteiger partial charge is 0.458 e. The normalized spacial score (nSPS) is 22.5. The second-order valence-electron chi connectivity index (χ2n) is 7.08. The maximum absolute atomic E-state index is 12.4. The van der Waals surface area contributed by atoms with E-state index in [0.717, 1.165) is 51.4 Å². The van der Waals surface area contributed by atoms with E-state index in [0.29, 0.717) is 12.8 Å². The Morgan fingerprint density at radius 2 is 1.09 bits per heavy atom. The Labute approximate surface area is 140 Å². The Balaban J connectivity index is 1.87. The van der Waals surface area contributed by atoms with E-state index in [2.05, 4.69) is 0 Å². The smallest absolute Gasteiger partial charge is 0.309 e. The van der Waals surface area contributed by atoms with Gasteiger partial charge in [-0.05, 0) is 38.5 Å². The summed E-state index contributed by atoms with van der Waals surface area (Å²) in [6, 6.07) is 0. The fraction of sp³-hybridized carbons (Fsp3) is 0.895. The SMILES string of the molecule is CCC(OC(=O)C1CCCCC1)C(CC)OC(=O)C1CCCC1. The van der Waals surface area contributed by atoms with E-state index in [9.17, 15) is 9.59 Å². The fourth-order valence-electron chi connectivity index (χ4n) is 3.83. The van der Waals surface area contributed by atoms with Gasteiger partial charge in [-0.3, -0.25) is 9.59 Å². The number of hydrogen-bond donors (Lipinski definition) is 0. The summed E-state index contributed by atoms with van der Waals surface area (Å²) >= 11 is 0. The average Bonchev–Trinajstić information content (AvgIpc) is 3.13. The van der Waals surface area contributed by atoms with Crippen LogP contribution in [-0.2, 0) is 19.1 Å². The van der Waals surface area contributed by atoms with Crippen LogP contribution in [0, 0.1) is 11.8 Å². The molecule has 23 heavy (non-hydrogen) atoms. The highest BCUT2D eigenvalue weighted by molar-refractivity contribution is 5.74. The van der Waals surface area contributed by atoms with E-state index >= 15 is 0 Å². The van der Waals surface area contributed by atoms with Crippen LogP contribution in [0.15, 0.2) is 0 Å². The lowest BCUT2D eigenvalue weighted by Gasteiger charge is -2.29. The number of carbonyl (C=O) groups is 2. The molecule has 2 unspecified atom stereocenters. The van der Waals surface area contributed by atoms with E-state index in [1.54, 1.807) is 0 Å². The molecule has 132 valence electrons. The predicted octanol–water partition coefficient (Wildman–Crippen LogP) is 4.40. The van der Waals surface area contributed by atoms with Crippen molar-refractivity contribution >= 4 is 11.9 Å². The predicted molar refractivity (Wildman–Crippen MR) is 88.9 cm³/mol. The van der Waals surface area contributed by atoms with Gasteiger partial charge >= 0.3 is 11.9 Å². The zero-order chi connectivity index (χ0) is 16.7. The summed E-state index contributed by atoms with van der Waals surface area (Å²) in [7, 11) is 0. The van der Waals surface area contributed by atoms with Crippen LogP contribution in [0.2, 0.25) is 0 Å². The molecule has 0 bridgehead atoms. The quantitative estimate of drug-likeness (QED) is 0.651. The van der Waals surface area contributed by atoms with Gasteiger partial charge in [0.2, 0.25) is 0 Å². The molecule has 0 amide bonds. The molecule has 2 aliphatic rings. The molecular formula is C19H32O4. The van der Waals surface area contributed by atoms with Crippen LogP contribution in [0.5, 0.6) is 0 Å². The molecule has 2 fully saturated rings. The van der Waals surface area contributed by atoms with Gasteiger partial charge in [0.25, 0.3) is 0 Å². The minimum atomic E-state index is -0.306. The van der Waals surface area contributed by atoms with Crippen LogP contribution >= 0.6 is 0 Å². The third-order valence-electron chi connectivity index (χ3n) is 5.38. The van der Waals surface area contributed by atoms with Gasteiger partial charge in [-0.15, -0.1) is 0 Å². The van der Waals surface area contributed by atoms with Gasteiger partial charge in [0.05, 0.1) is 11.8 Å². The molecule has 0 N–H and O–H groups in total. The first-order chi connectivity index (χ1) is 11.2. The zero-order valence-corrected chi connectivity index (χ0v) is 14.7. The van der Waals surface area contributed by atoms with E-state index in [-0.39, 0.29) is 36.0 Å².